The molecule has 0 aliphatic heterocycles. The Kier molecular flexibility index (Phi) is 7.14. The second kappa shape index (κ2) is 7.93. The maximum absolute atomic E-state index is 11.6. The quantitative estimate of drug-likeness (QED) is 0.746. The van der Waals surface area contributed by atoms with Gasteiger partial charge >= 0.3 is 0 Å². The molecule has 0 bridgehead atoms. The number of sulfone groups is 1. The van der Waals surface area contributed by atoms with Gasteiger partial charge in [-0.15, -0.1) is 0 Å². The van der Waals surface area contributed by atoms with Gasteiger partial charge in [-0.1, -0.05) is 26.7 Å². The van der Waals surface area contributed by atoms with E-state index in [-0.39, 0.29) is 17.3 Å². The zero-order valence-corrected chi connectivity index (χ0v) is 15.3. The summed E-state index contributed by atoms with van der Waals surface area (Å²) in [7, 11) is 1.40. The van der Waals surface area contributed by atoms with Crippen LogP contribution in [0.1, 0.15) is 52.4 Å². The van der Waals surface area contributed by atoms with Gasteiger partial charge in [-0.25, -0.2) is 8.42 Å². The van der Waals surface area contributed by atoms with E-state index >= 15 is 0 Å². The summed E-state index contributed by atoms with van der Waals surface area (Å²) >= 11 is 0. The fraction of sp³-hybridized carbons (Fsp3) is 1.00. The van der Waals surface area contributed by atoms with Crippen molar-refractivity contribution in [3.05, 3.63) is 0 Å². The average Bonchev–Trinajstić information content (AvgIpc) is 2.37. The fourth-order valence-corrected chi connectivity index (χ4v) is 4.47. The summed E-state index contributed by atoms with van der Waals surface area (Å²) in [4.78, 5) is 2.35. The molecule has 1 N–H and O–H groups in total. The van der Waals surface area contributed by atoms with Crippen LogP contribution in [0.5, 0.6) is 0 Å². The number of hydrogen-bond acceptors (Lipinski definition) is 4. The first-order chi connectivity index (χ1) is 9.71. The van der Waals surface area contributed by atoms with Gasteiger partial charge < -0.3 is 10.2 Å². The largest absolute Gasteiger partial charge is 0.312 e. The predicted octanol–water partition coefficient (Wildman–Crippen LogP) is 2.30. The lowest BCUT2D eigenvalue weighted by molar-refractivity contribution is 0.0362. The van der Waals surface area contributed by atoms with E-state index in [1.807, 2.05) is 0 Å². The van der Waals surface area contributed by atoms with E-state index in [1.165, 1.54) is 19.1 Å². The third-order valence-corrected chi connectivity index (χ3v) is 5.94. The molecule has 0 radical (unpaired) electrons. The third kappa shape index (κ3) is 5.53. The molecular formula is C16H34N2O2S. The molecule has 0 amide bonds. The molecule has 4 nitrogen and oxygen atoms in total. The first-order valence-corrected chi connectivity index (χ1v) is 10.4. The van der Waals surface area contributed by atoms with Crippen molar-refractivity contribution in [3.63, 3.8) is 0 Å². The number of hydrogen-bond donors (Lipinski definition) is 1. The summed E-state index contributed by atoms with van der Waals surface area (Å²) in [5, 5.41) is 3.65. The molecule has 1 aliphatic rings. The van der Waals surface area contributed by atoms with Crippen LogP contribution in [-0.4, -0.2) is 57.5 Å². The van der Waals surface area contributed by atoms with Crippen molar-refractivity contribution in [2.24, 2.45) is 5.92 Å². The molecule has 0 saturated heterocycles. The molecule has 0 spiro atoms. The number of nitrogens with zero attached hydrogens (tertiary/aromatic N) is 1. The zero-order chi connectivity index (χ0) is 16.1. The lowest BCUT2D eigenvalue weighted by Gasteiger charge is -2.50. The van der Waals surface area contributed by atoms with Crippen LogP contribution in [0.4, 0.5) is 0 Å². The van der Waals surface area contributed by atoms with Crippen molar-refractivity contribution in [3.8, 4) is 0 Å². The van der Waals surface area contributed by atoms with E-state index in [0.29, 0.717) is 12.3 Å². The highest BCUT2D eigenvalue weighted by Crippen LogP contribution is 2.39. The maximum Gasteiger partial charge on any atom is 0.147 e. The topological polar surface area (TPSA) is 49.4 Å². The van der Waals surface area contributed by atoms with Crippen LogP contribution < -0.4 is 5.32 Å². The van der Waals surface area contributed by atoms with E-state index in [9.17, 15) is 8.42 Å². The Morgan fingerprint density at radius 3 is 2.52 bits per heavy atom. The average molecular weight is 319 g/mol. The van der Waals surface area contributed by atoms with Crippen LogP contribution in [0, 0.1) is 5.92 Å². The summed E-state index contributed by atoms with van der Waals surface area (Å²) in [5.41, 5.74) is 0.0948. The molecule has 3 atom stereocenters. The number of nitrogens with one attached hydrogen (secondary N) is 1. The molecule has 0 aromatic carbocycles. The molecule has 5 heteroatoms. The summed E-state index contributed by atoms with van der Waals surface area (Å²) in [5.74, 6) is 0.989. The first-order valence-electron chi connectivity index (χ1n) is 8.30. The van der Waals surface area contributed by atoms with E-state index in [2.05, 4.69) is 38.2 Å². The van der Waals surface area contributed by atoms with E-state index in [1.54, 1.807) is 0 Å². The Labute approximate surface area is 131 Å². The van der Waals surface area contributed by atoms with Crippen LogP contribution in [0.15, 0.2) is 0 Å². The highest BCUT2D eigenvalue weighted by atomic mass is 32.2. The lowest BCUT2D eigenvalue weighted by Crippen LogP contribution is -2.61. The zero-order valence-electron chi connectivity index (χ0n) is 14.5. The Balaban J connectivity index is 2.93. The second-order valence-corrected chi connectivity index (χ2v) is 9.38. The monoisotopic (exact) mass is 318 g/mol. The summed E-state index contributed by atoms with van der Waals surface area (Å²) in [6.45, 7) is 5.44. The first kappa shape index (κ1) is 18.9. The molecule has 1 rings (SSSR count). The van der Waals surface area contributed by atoms with Crippen LogP contribution in [0.25, 0.3) is 0 Å². The smallest absolute Gasteiger partial charge is 0.147 e. The van der Waals surface area contributed by atoms with Gasteiger partial charge in [0.1, 0.15) is 9.84 Å². The summed E-state index contributed by atoms with van der Waals surface area (Å²) in [6, 6.07) is 0.255. The standard InChI is InChI=1S/C16H34N2O2S/c1-6-11-17-15(9-12-21(5,19)20)16(18(3)4)10-7-8-14(2)13-16/h14-15,17H,6-13H2,1-5H3. The van der Waals surface area contributed by atoms with Crippen molar-refractivity contribution in [2.45, 2.75) is 64.0 Å². The molecular weight excluding hydrogens is 284 g/mol. The van der Waals surface area contributed by atoms with Crippen LogP contribution in [0.3, 0.4) is 0 Å². The third-order valence-electron chi connectivity index (χ3n) is 4.97. The maximum atomic E-state index is 11.6. The van der Waals surface area contributed by atoms with Crippen LogP contribution in [-0.2, 0) is 9.84 Å². The minimum Gasteiger partial charge on any atom is -0.312 e. The molecule has 1 aliphatic carbocycles. The predicted molar refractivity (Wildman–Crippen MR) is 90.5 cm³/mol. The highest BCUT2D eigenvalue weighted by molar-refractivity contribution is 7.90. The summed E-state index contributed by atoms with van der Waals surface area (Å²) in [6.07, 6.45) is 7.99. The minimum atomic E-state index is -2.91. The van der Waals surface area contributed by atoms with E-state index in [0.717, 1.165) is 25.8 Å². The van der Waals surface area contributed by atoms with E-state index in [4.69, 9.17) is 0 Å². The van der Waals surface area contributed by atoms with Gasteiger partial charge in [-0.2, -0.15) is 0 Å². The van der Waals surface area contributed by atoms with E-state index < -0.39 is 9.84 Å². The number of likely N-dealkylation sites (N-methyl/N-ethyl adjacent to an activating group) is 1. The molecule has 0 aromatic heterocycles. The van der Waals surface area contributed by atoms with Gasteiger partial charge in [0.25, 0.3) is 0 Å². The van der Waals surface area contributed by atoms with Crippen molar-refractivity contribution in [2.75, 3.05) is 32.6 Å². The molecule has 1 fully saturated rings. The molecule has 0 aromatic rings. The Morgan fingerprint density at radius 1 is 1.38 bits per heavy atom. The van der Waals surface area contributed by atoms with Gasteiger partial charge in [-0.05, 0) is 52.2 Å². The highest BCUT2D eigenvalue weighted by Gasteiger charge is 2.43. The Hall–Kier alpha value is -0.130. The molecule has 1 saturated carbocycles. The van der Waals surface area contributed by atoms with Gasteiger partial charge in [0.2, 0.25) is 0 Å². The molecule has 3 unspecified atom stereocenters. The normalized spacial score (nSPS) is 28.8. The SMILES string of the molecule is CCCNC(CCS(C)(=O)=O)C1(N(C)C)CCCC(C)C1. The molecule has 126 valence electrons. The fourth-order valence-electron chi connectivity index (χ4n) is 3.81. The van der Waals surface area contributed by atoms with Crippen molar-refractivity contribution in [1.29, 1.82) is 0 Å². The Morgan fingerprint density at radius 2 is 2.05 bits per heavy atom. The second-order valence-electron chi connectivity index (χ2n) is 7.12. The van der Waals surface area contributed by atoms with Crippen LogP contribution >= 0.6 is 0 Å². The minimum absolute atomic E-state index is 0.0948. The number of rotatable bonds is 8. The van der Waals surface area contributed by atoms with Gasteiger partial charge in [0, 0.05) is 17.8 Å². The summed E-state index contributed by atoms with van der Waals surface area (Å²) < 4.78 is 23.2. The Bertz CT molecular complexity index is 409. The van der Waals surface area contributed by atoms with Crippen LogP contribution in [0.2, 0.25) is 0 Å². The lowest BCUT2D eigenvalue weighted by atomic mass is 9.70. The molecule has 21 heavy (non-hydrogen) atoms. The van der Waals surface area contributed by atoms with Crippen molar-refractivity contribution >= 4 is 9.84 Å². The molecule has 0 heterocycles. The van der Waals surface area contributed by atoms with Gasteiger partial charge in [-0.3, -0.25) is 0 Å². The van der Waals surface area contributed by atoms with Gasteiger partial charge in [0.15, 0.2) is 0 Å². The van der Waals surface area contributed by atoms with Crippen molar-refractivity contribution in [1.82, 2.24) is 10.2 Å². The van der Waals surface area contributed by atoms with Gasteiger partial charge in [0.05, 0.1) is 5.75 Å². The van der Waals surface area contributed by atoms with Crippen molar-refractivity contribution < 1.29 is 8.42 Å².